The molecule has 9 nitrogen and oxygen atoms in total. The van der Waals surface area contributed by atoms with E-state index >= 15 is 0 Å². The second-order valence-corrected chi connectivity index (χ2v) is 9.86. The van der Waals surface area contributed by atoms with E-state index in [9.17, 15) is 19.6 Å². The lowest BCUT2D eigenvalue weighted by molar-refractivity contribution is -0.136. The molecule has 10 heteroatoms. The van der Waals surface area contributed by atoms with Crippen molar-refractivity contribution in [3.05, 3.63) is 110 Å². The minimum atomic E-state index is -0.743. The Balaban J connectivity index is 1.41. The Morgan fingerprint density at radius 1 is 0.902 bits per heavy atom. The maximum absolute atomic E-state index is 12.9. The maximum atomic E-state index is 12.9. The van der Waals surface area contributed by atoms with E-state index in [-0.39, 0.29) is 28.4 Å². The molecular weight excluding hydrogens is 538 g/mol. The van der Waals surface area contributed by atoms with Gasteiger partial charge in [-0.25, -0.2) is 9.59 Å². The Labute approximate surface area is 241 Å². The van der Waals surface area contributed by atoms with Crippen LogP contribution in [-0.2, 0) is 22.5 Å². The summed E-state index contributed by atoms with van der Waals surface area (Å²) in [6.45, 7) is 3.89. The molecule has 208 valence electrons. The van der Waals surface area contributed by atoms with Crippen LogP contribution in [0, 0.1) is 11.3 Å². The van der Waals surface area contributed by atoms with Crippen LogP contribution in [0.1, 0.15) is 25.0 Å². The van der Waals surface area contributed by atoms with Gasteiger partial charge in [0.2, 0.25) is 0 Å². The van der Waals surface area contributed by atoms with E-state index in [0.717, 1.165) is 33.8 Å². The van der Waals surface area contributed by atoms with Crippen molar-refractivity contribution in [1.82, 2.24) is 4.57 Å². The van der Waals surface area contributed by atoms with Gasteiger partial charge in [-0.05, 0) is 67.8 Å². The van der Waals surface area contributed by atoms with Gasteiger partial charge in [0.1, 0.15) is 15.3 Å². The van der Waals surface area contributed by atoms with Crippen molar-refractivity contribution in [2.45, 2.75) is 26.8 Å². The minimum absolute atomic E-state index is 0.138. The van der Waals surface area contributed by atoms with Crippen LogP contribution in [0.4, 0.5) is 21.9 Å². The van der Waals surface area contributed by atoms with Crippen LogP contribution in [0.2, 0.25) is 0 Å². The first-order valence-corrected chi connectivity index (χ1v) is 13.8. The Hall–Kier alpha value is -5.14. The van der Waals surface area contributed by atoms with Crippen molar-refractivity contribution in [2.24, 2.45) is 0 Å². The van der Waals surface area contributed by atoms with Crippen molar-refractivity contribution in [3.63, 3.8) is 0 Å². The topological polar surface area (TPSA) is 125 Å². The molecule has 0 saturated heterocycles. The summed E-state index contributed by atoms with van der Waals surface area (Å²) in [6, 6.07) is 26.3. The molecule has 0 unspecified atom stereocenters. The fourth-order valence-electron chi connectivity index (χ4n) is 4.00. The van der Waals surface area contributed by atoms with Crippen LogP contribution in [0.25, 0.3) is 11.8 Å². The van der Waals surface area contributed by atoms with E-state index in [4.69, 9.17) is 4.74 Å². The van der Waals surface area contributed by atoms with Crippen LogP contribution in [0.3, 0.4) is 0 Å². The molecule has 0 aliphatic carbocycles. The number of carbonyl (C=O) groups is 2. The van der Waals surface area contributed by atoms with Crippen LogP contribution in [0.5, 0.6) is 0 Å². The number of carbonyl (C=O) groups excluding carboxylic acids is 2. The van der Waals surface area contributed by atoms with Crippen LogP contribution >= 0.6 is 11.3 Å². The highest BCUT2D eigenvalue weighted by Crippen LogP contribution is 2.16. The van der Waals surface area contributed by atoms with Crippen molar-refractivity contribution < 1.29 is 14.3 Å². The zero-order valence-electron chi connectivity index (χ0n) is 22.6. The van der Waals surface area contributed by atoms with Gasteiger partial charge in [-0.15, -0.1) is 11.3 Å². The summed E-state index contributed by atoms with van der Waals surface area (Å²) in [5.74, 6) is -0.743. The van der Waals surface area contributed by atoms with E-state index in [1.54, 1.807) is 20.0 Å². The summed E-state index contributed by atoms with van der Waals surface area (Å²) in [7, 11) is 0. The highest BCUT2D eigenvalue weighted by molar-refractivity contribution is 7.07. The highest BCUT2D eigenvalue weighted by Gasteiger charge is 2.16. The standard InChI is InChI=1S/C31H29N5O4S/c1-3-36-28(37)27(41-29(36)26(19-32)30(38)40-4-2)20-33-23-14-10-21(11-15-23)18-22-12-16-25(17-13-22)35-31(39)34-24-8-6-5-7-9-24/h5-17,20,33H,3-4,18H2,1-2H3,(H2,34,35,39)/b27-20-,29-26-. The molecule has 0 spiro atoms. The lowest BCUT2D eigenvalue weighted by atomic mass is 10.0. The molecule has 0 aliphatic heterocycles. The first kappa shape index (κ1) is 28.9. The van der Waals surface area contributed by atoms with Gasteiger partial charge in [-0.2, -0.15) is 5.26 Å². The lowest BCUT2D eigenvalue weighted by Gasteiger charge is -2.09. The molecule has 0 bridgehead atoms. The van der Waals surface area contributed by atoms with E-state index in [0.29, 0.717) is 23.2 Å². The van der Waals surface area contributed by atoms with Crippen molar-refractivity contribution in [1.29, 1.82) is 5.26 Å². The number of anilines is 3. The summed E-state index contributed by atoms with van der Waals surface area (Å²) in [5.41, 5.74) is 3.90. The van der Waals surface area contributed by atoms with Gasteiger partial charge in [-0.1, -0.05) is 42.5 Å². The minimum Gasteiger partial charge on any atom is -0.462 e. The average Bonchev–Trinajstić information content (AvgIpc) is 3.29. The summed E-state index contributed by atoms with van der Waals surface area (Å²) < 4.78 is 7.01. The van der Waals surface area contributed by atoms with Gasteiger partial charge in [0.05, 0.1) is 6.61 Å². The third kappa shape index (κ3) is 7.50. The molecule has 4 rings (SSSR count). The summed E-state index contributed by atoms with van der Waals surface area (Å²) in [5, 5.41) is 18.2. The number of urea groups is 1. The van der Waals surface area contributed by atoms with Crippen molar-refractivity contribution in [3.8, 4) is 6.07 Å². The summed E-state index contributed by atoms with van der Waals surface area (Å²) in [4.78, 5) is 37.3. The van der Waals surface area contributed by atoms with Gasteiger partial charge in [0.25, 0.3) is 5.56 Å². The van der Waals surface area contributed by atoms with Gasteiger partial charge < -0.3 is 20.7 Å². The first-order valence-electron chi connectivity index (χ1n) is 13.0. The number of nitrogens with one attached hydrogen (secondary N) is 3. The molecule has 0 aliphatic rings. The monoisotopic (exact) mass is 567 g/mol. The Morgan fingerprint density at radius 2 is 1.49 bits per heavy atom. The Kier molecular flexibility index (Phi) is 9.70. The third-order valence-corrected chi connectivity index (χ3v) is 7.13. The number of para-hydroxylation sites is 1. The Bertz CT molecular complexity index is 1740. The average molecular weight is 568 g/mol. The van der Waals surface area contributed by atoms with E-state index in [2.05, 4.69) is 16.0 Å². The van der Waals surface area contributed by atoms with E-state index in [1.165, 1.54) is 4.57 Å². The molecule has 0 atom stereocenters. The number of thiazole rings is 1. The molecule has 41 heavy (non-hydrogen) atoms. The quantitative estimate of drug-likeness (QED) is 0.260. The van der Waals surface area contributed by atoms with Gasteiger partial charge in [0.15, 0.2) is 5.57 Å². The zero-order chi connectivity index (χ0) is 29.2. The fraction of sp³-hybridized carbons (Fsp3) is 0.161. The number of rotatable bonds is 9. The molecule has 3 aromatic carbocycles. The van der Waals surface area contributed by atoms with Crippen molar-refractivity contribution >= 4 is 52.2 Å². The number of aromatic nitrogens is 1. The second kappa shape index (κ2) is 13.8. The SMILES string of the molecule is CCOC(=O)/C(C#N)=c1\s/c(=C\Nc2ccc(Cc3ccc(NC(=O)Nc4ccccc4)cc3)cc2)c(=O)n1CC. The highest BCUT2D eigenvalue weighted by atomic mass is 32.1. The number of hydrogen-bond donors (Lipinski definition) is 3. The summed E-state index contributed by atoms with van der Waals surface area (Å²) >= 11 is 1.07. The van der Waals surface area contributed by atoms with Crippen molar-refractivity contribution in [2.75, 3.05) is 22.6 Å². The molecule has 1 heterocycles. The van der Waals surface area contributed by atoms with Gasteiger partial charge >= 0.3 is 12.0 Å². The molecule has 1 aromatic heterocycles. The molecule has 3 N–H and O–H groups in total. The molecule has 0 saturated carbocycles. The van der Waals surface area contributed by atoms with Gasteiger partial charge in [-0.3, -0.25) is 9.36 Å². The molecule has 0 fully saturated rings. The lowest BCUT2D eigenvalue weighted by Crippen LogP contribution is -2.32. The number of benzene rings is 3. The Morgan fingerprint density at radius 3 is 2.05 bits per heavy atom. The van der Waals surface area contributed by atoms with Crippen LogP contribution in [-0.4, -0.2) is 23.2 Å². The van der Waals surface area contributed by atoms with Gasteiger partial charge in [0, 0.05) is 29.8 Å². The fourth-order valence-corrected chi connectivity index (χ4v) is 5.08. The first-order chi connectivity index (χ1) is 19.9. The van der Waals surface area contributed by atoms with Crippen LogP contribution < -0.4 is 30.7 Å². The predicted octanol–water partition coefficient (Wildman–Crippen LogP) is 4.25. The second-order valence-electron chi connectivity index (χ2n) is 8.83. The number of nitriles is 1. The number of ether oxygens (including phenoxy) is 1. The predicted molar refractivity (Wildman–Crippen MR) is 162 cm³/mol. The molecule has 4 aromatic rings. The van der Waals surface area contributed by atoms with Crippen LogP contribution in [0.15, 0.2) is 83.7 Å². The molecule has 0 radical (unpaired) electrons. The van der Waals surface area contributed by atoms with E-state index < -0.39 is 5.97 Å². The third-order valence-electron chi connectivity index (χ3n) is 6.00. The number of esters is 1. The number of hydrogen-bond acceptors (Lipinski definition) is 7. The maximum Gasteiger partial charge on any atom is 0.351 e. The number of amides is 2. The normalized spacial score (nSPS) is 11.8. The number of nitrogens with zero attached hydrogens (tertiary/aromatic N) is 2. The molecule has 2 amide bonds. The molecular formula is C31H29N5O4S. The van der Waals surface area contributed by atoms with E-state index in [1.807, 2.05) is 84.9 Å². The largest absolute Gasteiger partial charge is 0.462 e. The smallest absolute Gasteiger partial charge is 0.351 e. The zero-order valence-corrected chi connectivity index (χ0v) is 23.5. The summed E-state index contributed by atoms with van der Waals surface area (Å²) in [6.07, 6.45) is 2.29.